The predicted molar refractivity (Wildman–Crippen MR) is 123 cm³/mol. The highest BCUT2D eigenvalue weighted by Gasteiger charge is 2.40. The van der Waals surface area contributed by atoms with Gasteiger partial charge in [0, 0.05) is 49.0 Å². The molecule has 2 fully saturated rings. The third-order valence-electron chi connectivity index (χ3n) is 6.09. The number of aliphatic carboxylic acids is 1. The molecule has 1 aromatic carbocycles. The van der Waals surface area contributed by atoms with Gasteiger partial charge < -0.3 is 5.11 Å². The summed E-state index contributed by atoms with van der Waals surface area (Å²) in [6, 6.07) is 7.87. The molecule has 4 rings (SSSR count). The van der Waals surface area contributed by atoms with Crippen LogP contribution in [0.5, 0.6) is 0 Å². The van der Waals surface area contributed by atoms with Crippen molar-refractivity contribution in [2.24, 2.45) is 5.92 Å². The molecule has 0 spiro atoms. The highest BCUT2D eigenvalue weighted by molar-refractivity contribution is 7.81. The summed E-state index contributed by atoms with van der Waals surface area (Å²) in [6.45, 7) is 1.74. The van der Waals surface area contributed by atoms with E-state index in [-0.39, 0.29) is 29.2 Å². The van der Waals surface area contributed by atoms with E-state index >= 15 is 0 Å². The van der Waals surface area contributed by atoms with Gasteiger partial charge in [0.1, 0.15) is 5.82 Å². The number of benzene rings is 1. The molecule has 0 radical (unpaired) electrons. The Morgan fingerprint density at radius 1 is 1.25 bits per heavy atom. The Kier molecular flexibility index (Phi) is 7.10. The van der Waals surface area contributed by atoms with Crippen LogP contribution in [0.15, 0.2) is 42.1 Å². The zero-order valence-electron chi connectivity index (χ0n) is 17.9. The van der Waals surface area contributed by atoms with Gasteiger partial charge in [-0.05, 0) is 49.5 Å². The van der Waals surface area contributed by atoms with Gasteiger partial charge in [-0.3, -0.25) is 19.2 Å². The molecular weight excluding hydrogens is 429 g/mol. The summed E-state index contributed by atoms with van der Waals surface area (Å²) < 4.78 is 16.4. The number of rotatable bonds is 9. The maximum Gasteiger partial charge on any atom is 0.303 e. The van der Waals surface area contributed by atoms with E-state index in [4.69, 9.17) is 17.7 Å². The van der Waals surface area contributed by atoms with Crippen LogP contribution in [0.25, 0.3) is 6.08 Å². The van der Waals surface area contributed by atoms with Crippen molar-refractivity contribution in [1.29, 1.82) is 0 Å². The second-order valence-electron chi connectivity index (χ2n) is 8.60. The van der Waals surface area contributed by atoms with Crippen LogP contribution in [0.4, 0.5) is 4.39 Å². The number of halogens is 1. The van der Waals surface area contributed by atoms with Crippen LogP contribution in [-0.2, 0) is 16.1 Å². The lowest BCUT2D eigenvalue weighted by atomic mass is 9.93. The first-order chi connectivity index (χ1) is 15.4. The van der Waals surface area contributed by atoms with Gasteiger partial charge in [-0.15, -0.1) is 0 Å². The monoisotopic (exact) mass is 457 g/mol. The van der Waals surface area contributed by atoms with E-state index in [1.165, 1.54) is 6.07 Å². The zero-order chi connectivity index (χ0) is 22.7. The maximum absolute atomic E-state index is 14.7. The highest BCUT2D eigenvalue weighted by atomic mass is 32.1. The first-order valence-corrected chi connectivity index (χ1v) is 11.6. The fourth-order valence-corrected chi connectivity index (χ4v) is 4.51. The number of Topliss-reactive ketones (excluding diaryl/α,β-unsaturated/α-hetero) is 1. The highest BCUT2D eigenvalue weighted by Crippen LogP contribution is 2.39. The summed E-state index contributed by atoms with van der Waals surface area (Å²) >= 11 is 4.74. The zero-order valence-corrected chi connectivity index (χ0v) is 18.8. The minimum Gasteiger partial charge on any atom is -0.481 e. The van der Waals surface area contributed by atoms with Crippen molar-refractivity contribution >= 4 is 30.5 Å². The van der Waals surface area contributed by atoms with E-state index < -0.39 is 12.0 Å². The molecule has 6 nitrogen and oxygen atoms in total. The number of carboxylic acids is 1. The van der Waals surface area contributed by atoms with Crippen molar-refractivity contribution in [3.63, 3.8) is 0 Å². The van der Waals surface area contributed by atoms with Gasteiger partial charge in [-0.1, -0.05) is 18.2 Å². The number of hydrogen-bond acceptors (Lipinski definition) is 5. The minimum absolute atomic E-state index is 0.0299. The SMILES string of the molecule is O=C(O)CCCn1ccc(/C=C2\CN(C(C(=O)C3CC3)c3ccccc3F)CCC2S)n1. The molecule has 1 N–H and O–H groups in total. The normalized spacial score (nSPS) is 21.6. The molecule has 1 aliphatic heterocycles. The number of nitrogens with zero attached hydrogens (tertiary/aromatic N) is 3. The Morgan fingerprint density at radius 3 is 2.75 bits per heavy atom. The third kappa shape index (κ3) is 5.48. The van der Waals surface area contributed by atoms with Crippen LogP contribution < -0.4 is 0 Å². The van der Waals surface area contributed by atoms with Gasteiger partial charge in [0.2, 0.25) is 0 Å². The number of thiol groups is 1. The number of aryl methyl sites for hydroxylation is 1. The first-order valence-electron chi connectivity index (χ1n) is 11.1. The first kappa shape index (κ1) is 22.7. The number of carbonyl (C=O) groups is 2. The molecule has 2 atom stereocenters. The number of likely N-dealkylation sites (tertiary alicyclic amines) is 1. The summed E-state index contributed by atoms with van der Waals surface area (Å²) in [5.41, 5.74) is 2.26. The molecule has 0 bridgehead atoms. The lowest BCUT2D eigenvalue weighted by Gasteiger charge is -2.37. The van der Waals surface area contributed by atoms with Gasteiger partial charge in [0.25, 0.3) is 0 Å². The summed E-state index contributed by atoms with van der Waals surface area (Å²) in [5, 5.41) is 13.4. The predicted octanol–water partition coefficient (Wildman–Crippen LogP) is 3.99. The summed E-state index contributed by atoms with van der Waals surface area (Å²) in [6.07, 6.45) is 6.97. The summed E-state index contributed by atoms with van der Waals surface area (Å²) in [4.78, 5) is 25.9. The largest absolute Gasteiger partial charge is 0.481 e. The Balaban J connectivity index is 1.52. The van der Waals surface area contributed by atoms with Crippen LogP contribution in [-0.4, -0.2) is 49.9 Å². The number of piperidine rings is 1. The van der Waals surface area contributed by atoms with E-state index in [1.807, 2.05) is 18.3 Å². The number of ketones is 1. The second-order valence-corrected chi connectivity index (χ2v) is 9.22. The number of hydrogen-bond donors (Lipinski definition) is 2. The molecule has 0 amide bonds. The van der Waals surface area contributed by atoms with Gasteiger partial charge in [0.05, 0.1) is 11.7 Å². The molecule has 2 aliphatic rings. The quantitative estimate of drug-likeness (QED) is 0.557. The molecule has 170 valence electrons. The fraction of sp³-hybridized carbons (Fsp3) is 0.458. The van der Waals surface area contributed by atoms with E-state index in [0.29, 0.717) is 31.6 Å². The van der Waals surface area contributed by atoms with Crippen LogP contribution >= 0.6 is 12.6 Å². The average molecular weight is 458 g/mol. The van der Waals surface area contributed by atoms with Gasteiger partial charge >= 0.3 is 5.97 Å². The lowest BCUT2D eigenvalue weighted by Crippen LogP contribution is -2.42. The van der Waals surface area contributed by atoms with Gasteiger partial charge in [-0.2, -0.15) is 17.7 Å². The van der Waals surface area contributed by atoms with E-state index in [0.717, 1.165) is 30.5 Å². The Bertz CT molecular complexity index is 1020. The molecular formula is C24H28FN3O3S. The average Bonchev–Trinajstić information content (AvgIpc) is 3.52. The number of carbonyl (C=O) groups excluding carboxylic acids is 1. The third-order valence-corrected chi connectivity index (χ3v) is 6.68. The van der Waals surface area contributed by atoms with Crippen LogP contribution in [0.2, 0.25) is 0 Å². The molecule has 2 aromatic rings. The summed E-state index contributed by atoms with van der Waals surface area (Å²) in [7, 11) is 0. The Hall–Kier alpha value is -2.45. The minimum atomic E-state index is -0.815. The van der Waals surface area contributed by atoms with Crippen LogP contribution in [0.3, 0.4) is 0 Å². The van der Waals surface area contributed by atoms with Crippen molar-refractivity contribution in [1.82, 2.24) is 14.7 Å². The lowest BCUT2D eigenvalue weighted by molar-refractivity contribution is -0.137. The second kappa shape index (κ2) is 10.0. The van der Waals surface area contributed by atoms with Gasteiger partial charge in [-0.25, -0.2) is 4.39 Å². The van der Waals surface area contributed by atoms with E-state index in [9.17, 15) is 14.0 Å². The van der Waals surface area contributed by atoms with Gasteiger partial charge in [0.15, 0.2) is 5.78 Å². The molecule has 1 saturated carbocycles. The maximum atomic E-state index is 14.7. The van der Waals surface area contributed by atoms with Crippen molar-refractivity contribution < 1.29 is 19.1 Å². The standard InChI is InChI=1S/C24H28FN3O3S/c25-20-5-2-1-4-19(20)23(24(31)16-7-8-16)27-12-10-21(32)17(15-27)14-18-9-13-28(26-18)11-3-6-22(29)30/h1-2,4-5,9,13-14,16,21,23,32H,3,6-8,10-12,15H2,(H,29,30)/b17-14+. The Morgan fingerprint density at radius 2 is 2.03 bits per heavy atom. The molecule has 32 heavy (non-hydrogen) atoms. The molecule has 1 aromatic heterocycles. The van der Waals surface area contributed by atoms with Crippen molar-refractivity contribution in [3.8, 4) is 0 Å². The molecule has 1 saturated heterocycles. The van der Waals surface area contributed by atoms with Crippen LogP contribution in [0.1, 0.15) is 49.4 Å². The van der Waals surface area contributed by atoms with Crippen molar-refractivity contribution in [2.75, 3.05) is 13.1 Å². The fourth-order valence-electron chi connectivity index (χ4n) is 4.23. The molecule has 1 aliphatic carbocycles. The van der Waals surface area contributed by atoms with E-state index in [1.54, 1.807) is 22.9 Å². The molecule has 2 unspecified atom stereocenters. The van der Waals surface area contributed by atoms with E-state index in [2.05, 4.69) is 10.00 Å². The number of aromatic nitrogens is 2. The molecule has 8 heteroatoms. The number of carboxylic acid groups (broad SMARTS) is 1. The Labute approximate surface area is 192 Å². The smallest absolute Gasteiger partial charge is 0.303 e. The topological polar surface area (TPSA) is 75.4 Å². The van der Waals surface area contributed by atoms with Crippen LogP contribution in [0, 0.1) is 11.7 Å². The molecule has 2 heterocycles. The summed E-state index contributed by atoms with van der Waals surface area (Å²) in [5.74, 6) is -1.02. The van der Waals surface area contributed by atoms with Crippen molar-refractivity contribution in [2.45, 2.75) is 49.9 Å². The van der Waals surface area contributed by atoms with Crippen molar-refractivity contribution in [3.05, 3.63) is 59.2 Å².